The molecule has 0 aliphatic carbocycles. The maximum Gasteiger partial charge on any atom is 0.338 e. The van der Waals surface area contributed by atoms with E-state index in [0.29, 0.717) is 6.42 Å². The van der Waals surface area contributed by atoms with Crippen LogP contribution in [-0.4, -0.2) is 64.9 Å². The van der Waals surface area contributed by atoms with Crippen LogP contribution in [0.15, 0.2) is 12.1 Å². The van der Waals surface area contributed by atoms with Crippen molar-refractivity contribution in [2.45, 2.75) is 57.0 Å². The highest BCUT2D eigenvalue weighted by Crippen LogP contribution is 2.36. The first kappa shape index (κ1) is 20.2. The number of unbranched alkanes of at least 4 members (excludes halogenated alkanes) is 2. The smallest absolute Gasteiger partial charge is 0.338 e. The molecule has 0 bridgehead atoms. The number of phenols is 3. The lowest BCUT2D eigenvalue weighted by atomic mass is 10.1. The van der Waals surface area contributed by atoms with Crippen molar-refractivity contribution in [2.24, 2.45) is 0 Å². The molecule has 0 spiro atoms. The van der Waals surface area contributed by atoms with Gasteiger partial charge in [0.25, 0.3) is 0 Å². The van der Waals surface area contributed by atoms with E-state index in [-0.39, 0.29) is 24.7 Å². The van der Waals surface area contributed by atoms with Crippen molar-refractivity contribution in [1.82, 2.24) is 0 Å². The Morgan fingerprint density at radius 2 is 1.57 bits per heavy atom. The Bertz CT molecular complexity index is 709. The van der Waals surface area contributed by atoms with Gasteiger partial charge in [-0.15, -0.1) is 0 Å². The summed E-state index contributed by atoms with van der Waals surface area (Å²) in [4.78, 5) is 24.2. The molecule has 9 nitrogen and oxygen atoms in total. The van der Waals surface area contributed by atoms with Crippen LogP contribution in [0.5, 0.6) is 17.2 Å². The maximum atomic E-state index is 12.3. The van der Waals surface area contributed by atoms with Crippen molar-refractivity contribution >= 4 is 11.9 Å². The number of ether oxygens (including phenoxy) is 4. The Morgan fingerprint density at radius 1 is 1.00 bits per heavy atom. The summed E-state index contributed by atoms with van der Waals surface area (Å²) in [6.07, 6.45) is 0.713. The van der Waals surface area contributed by atoms with Crippen LogP contribution in [0.1, 0.15) is 43.0 Å². The number of fused-ring (bicyclic) bond motifs is 1. The van der Waals surface area contributed by atoms with Crippen molar-refractivity contribution in [3.05, 3.63) is 17.7 Å². The average Bonchev–Trinajstić information content (AvgIpc) is 3.23. The molecule has 0 saturated carbocycles. The van der Waals surface area contributed by atoms with Gasteiger partial charge in [-0.25, -0.2) is 4.79 Å². The Labute approximate surface area is 161 Å². The van der Waals surface area contributed by atoms with E-state index in [0.717, 1.165) is 31.4 Å². The lowest BCUT2D eigenvalue weighted by Gasteiger charge is -2.17. The van der Waals surface area contributed by atoms with E-state index in [1.54, 1.807) is 0 Å². The fourth-order valence-electron chi connectivity index (χ4n) is 3.31. The average molecular weight is 396 g/mol. The summed E-state index contributed by atoms with van der Waals surface area (Å²) in [5, 5.41) is 28.4. The fourth-order valence-corrected chi connectivity index (χ4v) is 3.31. The van der Waals surface area contributed by atoms with E-state index >= 15 is 0 Å². The van der Waals surface area contributed by atoms with E-state index in [2.05, 4.69) is 6.92 Å². The normalized spacial score (nSPS) is 26.0. The van der Waals surface area contributed by atoms with Crippen LogP contribution >= 0.6 is 0 Å². The Hall–Kier alpha value is -2.52. The van der Waals surface area contributed by atoms with E-state index in [1.807, 2.05) is 0 Å². The molecule has 9 heteroatoms. The minimum atomic E-state index is -0.816. The molecule has 2 fully saturated rings. The molecule has 1 aromatic carbocycles. The van der Waals surface area contributed by atoms with Gasteiger partial charge in [0, 0.05) is 6.42 Å². The zero-order chi connectivity index (χ0) is 20.3. The Morgan fingerprint density at radius 3 is 2.14 bits per heavy atom. The number of phenolic OH excluding ortho intramolecular Hbond substituents is 3. The van der Waals surface area contributed by atoms with Gasteiger partial charge >= 0.3 is 11.9 Å². The van der Waals surface area contributed by atoms with Crippen LogP contribution in [-0.2, 0) is 23.7 Å². The highest BCUT2D eigenvalue weighted by Gasteiger charge is 2.51. The molecule has 2 heterocycles. The van der Waals surface area contributed by atoms with Crippen molar-refractivity contribution in [1.29, 1.82) is 0 Å². The summed E-state index contributed by atoms with van der Waals surface area (Å²) in [6.45, 7) is 2.28. The molecule has 2 aliphatic heterocycles. The van der Waals surface area contributed by atoms with Crippen LogP contribution < -0.4 is 0 Å². The molecule has 0 radical (unpaired) electrons. The molecule has 1 aromatic rings. The largest absolute Gasteiger partial charge is 0.504 e. The molecule has 0 aromatic heterocycles. The van der Waals surface area contributed by atoms with Crippen LogP contribution in [0.25, 0.3) is 0 Å². The molecule has 3 N–H and O–H groups in total. The number of rotatable bonds is 7. The lowest BCUT2D eigenvalue weighted by Crippen LogP contribution is -2.36. The minimum Gasteiger partial charge on any atom is -0.504 e. The van der Waals surface area contributed by atoms with Crippen LogP contribution in [0.4, 0.5) is 0 Å². The van der Waals surface area contributed by atoms with Gasteiger partial charge in [-0.05, 0) is 18.6 Å². The number of hydrogen-bond acceptors (Lipinski definition) is 9. The van der Waals surface area contributed by atoms with Gasteiger partial charge in [0.05, 0.1) is 18.8 Å². The summed E-state index contributed by atoms with van der Waals surface area (Å²) in [6, 6.07) is 1.97. The van der Waals surface area contributed by atoms with Crippen LogP contribution in [0.2, 0.25) is 0 Å². The third-order valence-corrected chi connectivity index (χ3v) is 4.79. The SMILES string of the molecule is CCCCCC(=O)OC1COC2C(OC(=O)c3cc(O)c(O)c(O)c3)COC12. The summed E-state index contributed by atoms with van der Waals surface area (Å²) < 4.78 is 22.0. The molecule has 2 saturated heterocycles. The number of hydrogen-bond donors (Lipinski definition) is 3. The number of benzene rings is 1. The molecular formula is C19H24O9. The second-order valence-corrected chi connectivity index (χ2v) is 6.89. The predicted molar refractivity (Wildman–Crippen MR) is 94.1 cm³/mol. The quantitative estimate of drug-likeness (QED) is 0.357. The molecule has 154 valence electrons. The monoisotopic (exact) mass is 396 g/mol. The number of carbonyl (C=O) groups is 2. The van der Waals surface area contributed by atoms with Gasteiger partial charge in [0.1, 0.15) is 12.2 Å². The number of carbonyl (C=O) groups excluding carboxylic acids is 2. The summed E-state index contributed by atoms with van der Waals surface area (Å²) in [7, 11) is 0. The first-order valence-corrected chi connectivity index (χ1v) is 9.29. The first-order chi connectivity index (χ1) is 13.4. The third-order valence-electron chi connectivity index (χ3n) is 4.79. The minimum absolute atomic E-state index is 0.0704. The maximum absolute atomic E-state index is 12.3. The Kier molecular flexibility index (Phi) is 6.25. The van der Waals surface area contributed by atoms with Crippen molar-refractivity contribution in [3.63, 3.8) is 0 Å². The predicted octanol–water partition coefficient (Wildman–Crippen LogP) is 1.62. The van der Waals surface area contributed by atoms with E-state index in [4.69, 9.17) is 18.9 Å². The topological polar surface area (TPSA) is 132 Å². The van der Waals surface area contributed by atoms with Crippen molar-refractivity contribution < 1.29 is 43.9 Å². The highest BCUT2D eigenvalue weighted by atomic mass is 16.7. The molecule has 3 rings (SSSR count). The van der Waals surface area contributed by atoms with E-state index < -0.39 is 47.6 Å². The van der Waals surface area contributed by atoms with Crippen LogP contribution in [0, 0.1) is 0 Å². The lowest BCUT2D eigenvalue weighted by molar-refractivity contribution is -0.153. The standard InChI is InChI=1S/C19H24O9/c1-2-3-4-5-15(22)27-13-8-25-18-14(9-26-17(13)18)28-19(24)10-6-11(20)16(23)12(21)7-10/h6-7,13-14,17-18,20-21,23H,2-5,8-9H2,1H3. The molecular weight excluding hydrogens is 372 g/mol. The van der Waals surface area contributed by atoms with Gasteiger partial charge in [0.15, 0.2) is 29.5 Å². The zero-order valence-electron chi connectivity index (χ0n) is 15.5. The second-order valence-electron chi connectivity index (χ2n) is 6.89. The third kappa shape index (κ3) is 4.31. The van der Waals surface area contributed by atoms with Crippen molar-refractivity contribution in [2.75, 3.05) is 13.2 Å². The number of esters is 2. The van der Waals surface area contributed by atoms with Crippen LogP contribution in [0.3, 0.4) is 0 Å². The fraction of sp³-hybridized carbons (Fsp3) is 0.579. The van der Waals surface area contributed by atoms with Gasteiger partial charge in [0.2, 0.25) is 0 Å². The summed E-state index contributed by atoms with van der Waals surface area (Å²) in [5.41, 5.74) is -0.131. The molecule has 4 atom stereocenters. The highest BCUT2D eigenvalue weighted by molar-refractivity contribution is 5.91. The zero-order valence-corrected chi connectivity index (χ0v) is 15.5. The van der Waals surface area contributed by atoms with Gasteiger partial charge in [-0.1, -0.05) is 19.8 Å². The number of aromatic hydroxyl groups is 3. The molecule has 4 unspecified atom stereocenters. The second kappa shape index (κ2) is 8.66. The Balaban J connectivity index is 1.56. The molecule has 2 aliphatic rings. The van der Waals surface area contributed by atoms with Gasteiger partial charge < -0.3 is 34.3 Å². The van der Waals surface area contributed by atoms with E-state index in [1.165, 1.54) is 0 Å². The van der Waals surface area contributed by atoms with E-state index in [9.17, 15) is 24.9 Å². The van der Waals surface area contributed by atoms with Crippen molar-refractivity contribution in [3.8, 4) is 17.2 Å². The van der Waals surface area contributed by atoms with Gasteiger partial charge in [-0.3, -0.25) is 4.79 Å². The summed E-state index contributed by atoms with van der Waals surface area (Å²) >= 11 is 0. The van der Waals surface area contributed by atoms with Gasteiger partial charge in [-0.2, -0.15) is 0 Å². The summed E-state index contributed by atoms with van der Waals surface area (Å²) in [5.74, 6) is -3.12. The molecule has 0 amide bonds. The first-order valence-electron chi connectivity index (χ1n) is 9.29. The molecule has 28 heavy (non-hydrogen) atoms.